The van der Waals surface area contributed by atoms with Gasteiger partial charge in [-0.3, -0.25) is 0 Å². The Hall–Kier alpha value is -2.46. The summed E-state index contributed by atoms with van der Waals surface area (Å²) in [6.45, 7) is 1.80. The maximum Gasteiger partial charge on any atom is 0.225 e. The maximum absolute atomic E-state index is 5.43. The summed E-state index contributed by atoms with van der Waals surface area (Å²) in [5.74, 6) is 0.787. The summed E-state index contributed by atoms with van der Waals surface area (Å²) in [6.07, 6.45) is 3.15. The zero-order valence-corrected chi connectivity index (χ0v) is 13.1. The summed E-state index contributed by atoms with van der Waals surface area (Å²) in [4.78, 5) is 11.4. The average Bonchev–Trinajstić information content (AvgIpc) is 3.11. The second-order valence-corrected chi connectivity index (χ2v) is 5.90. The molecule has 1 aromatic heterocycles. The van der Waals surface area contributed by atoms with Gasteiger partial charge in [-0.25, -0.2) is 9.97 Å². The van der Waals surface area contributed by atoms with Crippen LogP contribution in [0.15, 0.2) is 54.7 Å². The van der Waals surface area contributed by atoms with Crippen molar-refractivity contribution in [3.63, 3.8) is 0 Å². The minimum atomic E-state index is 0.280. The van der Waals surface area contributed by atoms with Crippen LogP contribution in [0.4, 0.5) is 5.95 Å². The van der Waals surface area contributed by atoms with Gasteiger partial charge in [0.1, 0.15) is 0 Å². The molecule has 0 N–H and O–H groups in total. The molecule has 4 heteroatoms. The lowest BCUT2D eigenvalue weighted by Crippen LogP contribution is -2.24. The van der Waals surface area contributed by atoms with E-state index in [0.29, 0.717) is 0 Å². The topological polar surface area (TPSA) is 38.2 Å². The molecule has 0 radical (unpaired) electrons. The van der Waals surface area contributed by atoms with Gasteiger partial charge >= 0.3 is 0 Å². The molecule has 0 bridgehead atoms. The average molecular weight is 305 g/mol. The van der Waals surface area contributed by atoms with Gasteiger partial charge in [0.25, 0.3) is 0 Å². The second-order valence-electron chi connectivity index (χ2n) is 5.90. The highest BCUT2D eigenvalue weighted by atomic mass is 16.5. The Morgan fingerprint density at radius 3 is 2.78 bits per heavy atom. The van der Waals surface area contributed by atoms with Gasteiger partial charge in [0.05, 0.1) is 11.8 Å². The monoisotopic (exact) mass is 305 g/mol. The molecular weight excluding hydrogens is 286 g/mol. The van der Waals surface area contributed by atoms with Crippen LogP contribution in [-0.2, 0) is 4.74 Å². The third kappa shape index (κ3) is 2.78. The normalized spacial score (nSPS) is 17.8. The van der Waals surface area contributed by atoms with E-state index in [1.54, 1.807) is 7.11 Å². The molecule has 1 aliphatic rings. The van der Waals surface area contributed by atoms with E-state index in [9.17, 15) is 0 Å². The lowest BCUT2D eigenvalue weighted by molar-refractivity contribution is 0.121. The molecular formula is C19H19N3O. The van der Waals surface area contributed by atoms with Crippen LogP contribution in [0.3, 0.4) is 0 Å². The molecule has 3 aromatic rings. The number of rotatable bonds is 3. The second kappa shape index (κ2) is 5.97. The van der Waals surface area contributed by atoms with E-state index in [4.69, 9.17) is 9.72 Å². The first-order valence-corrected chi connectivity index (χ1v) is 7.93. The Morgan fingerprint density at radius 2 is 1.96 bits per heavy atom. The predicted octanol–water partition coefficient (Wildman–Crippen LogP) is 3.52. The third-order valence-electron chi connectivity index (χ3n) is 4.45. The summed E-state index contributed by atoms with van der Waals surface area (Å²) in [6, 6.07) is 16.8. The fraction of sp³-hybridized carbons (Fsp3) is 0.263. The number of nitrogens with zero attached hydrogens (tertiary/aromatic N) is 3. The largest absolute Gasteiger partial charge is 0.380 e. The van der Waals surface area contributed by atoms with Crippen molar-refractivity contribution in [1.29, 1.82) is 0 Å². The molecule has 4 nitrogen and oxygen atoms in total. The van der Waals surface area contributed by atoms with Gasteiger partial charge in [0.2, 0.25) is 5.95 Å². The van der Waals surface area contributed by atoms with Crippen LogP contribution in [0, 0.1) is 0 Å². The van der Waals surface area contributed by atoms with Crippen molar-refractivity contribution in [2.24, 2.45) is 0 Å². The Kier molecular flexibility index (Phi) is 3.67. The zero-order chi connectivity index (χ0) is 15.6. The lowest BCUT2D eigenvalue weighted by Gasteiger charge is -2.16. The van der Waals surface area contributed by atoms with Crippen molar-refractivity contribution in [2.45, 2.75) is 12.5 Å². The maximum atomic E-state index is 5.43. The molecule has 1 aliphatic heterocycles. The van der Waals surface area contributed by atoms with Gasteiger partial charge in [0, 0.05) is 32.0 Å². The summed E-state index contributed by atoms with van der Waals surface area (Å²) < 4.78 is 5.43. The number of methoxy groups -OCH3 is 1. The molecule has 2 aromatic carbocycles. The number of fused-ring (bicyclic) bond motifs is 1. The SMILES string of the molecule is COC1CCN(c2nccc(-c3ccc4ccccc4c3)n2)C1. The predicted molar refractivity (Wildman–Crippen MR) is 92.6 cm³/mol. The molecule has 116 valence electrons. The summed E-state index contributed by atoms with van der Waals surface area (Å²) in [7, 11) is 1.76. The minimum absolute atomic E-state index is 0.280. The van der Waals surface area contributed by atoms with Crippen LogP contribution in [-0.4, -0.2) is 36.3 Å². The molecule has 23 heavy (non-hydrogen) atoms. The number of hydrogen-bond acceptors (Lipinski definition) is 4. The molecule has 1 saturated heterocycles. The van der Waals surface area contributed by atoms with Crippen LogP contribution in [0.5, 0.6) is 0 Å². The first-order valence-electron chi connectivity index (χ1n) is 7.93. The lowest BCUT2D eigenvalue weighted by atomic mass is 10.1. The molecule has 0 spiro atoms. The molecule has 2 heterocycles. The van der Waals surface area contributed by atoms with Crippen molar-refractivity contribution in [2.75, 3.05) is 25.1 Å². The van der Waals surface area contributed by atoms with Crippen LogP contribution in [0.25, 0.3) is 22.0 Å². The molecule has 0 saturated carbocycles. The van der Waals surface area contributed by atoms with E-state index in [1.807, 2.05) is 12.3 Å². The zero-order valence-electron chi connectivity index (χ0n) is 13.1. The summed E-state index contributed by atoms with van der Waals surface area (Å²) in [5, 5.41) is 2.47. The molecule has 1 atom stereocenters. The van der Waals surface area contributed by atoms with Crippen LogP contribution >= 0.6 is 0 Å². The quantitative estimate of drug-likeness (QED) is 0.742. The smallest absolute Gasteiger partial charge is 0.225 e. The highest BCUT2D eigenvalue weighted by Crippen LogP contribution is 2.25. The van der Waals surface area contributed by atoms with Gasteiger partial charge < -0.3 is 9.64 Å². The first-order chi connectivity index (χ1) is 11.3. The van der Waals surface area contributed by atoms with Gasteiger partial charge in [-0.1, -0.05) is 36.4 Å². The van der Waals surface area contributed by atoms with Crippen molar-refractivity contribution in [3.05, 3.63) is 54.7 Å². The third-order valence-corrected chi connectivity index (χ3v) is 4.45. The van der Waals surface area contributed by atoms with E-state index in [0.717, 1.165) is 36.7 Å². The minimum Gasteiger partial charge on any atom is -0.380 e. The summed E-state index contributed by atoms with van der Waals surface area (Å²) in [5.41, 5.74) is 2.08. The van der Waals surface area contributed by atoms with Gasteiger partial charge in [-0.15, -0.1) is 0 Å². The van der Waals surface area contributed by atoms with E-state index in [2.05, 4.69) is 52.3 Å². The Morgan fingerprint density at radius 1 is 1.09 bits per heavy atom. The molecule has 4 rings (SSSR count). The van der Waals surface area contributed by atoms with Crippen molar-refractivity contribution < 1.29 is 4.74 Å². The number of aromatic nitrogens is 2. The standard InChI is InChI=1S/C19H19N3O/c1-23-17-9-11-22(13-17)19-20-10-8-18(21-19)16-7-6-14-4-2-3-5-15(14)12-16/h2-8,10,12,17H,9,11,13H2,1H3. The number of anilines is 1. The molecule has 0 amide bonds. The Bertz CT molecular complexity index is 833. The first kappa shape index (κ1) is 14.2. The van der Waals surface area contributed by atoms with Crippen LogP contribution in [0.1, 0.15) is 6.42 Å². The Balaban J connectivity index is 1.67. The van der Waals surface area contributed by atoms with E-state index >= 15 is 0 Å². The van der Waals surface area contributed by atoms with Crippen LogP contribution < -0.4 is 4.90 Å². The van der Waals surface area contributed by atoms with E-state index < -0.39 is 0 Å². The molecule has 0 aliphatic carbocycles. The fourth-order valence-corrected chi connectivity index (χ4v) is 3.11. The number of hydrogen-bond donors (Lipinski definition) is 0. The number of benzene rings is 2. The van der Waals surface area contributed by atoms with Gasteiger partial charge in [-0.05, 0) is 29.3 Å². The summed E-state index contributed by atoms with van der Waals surface area (Å²) >= 11 is 0. The van der Waals surface area contributed by atoms with Gasteiger partial charge in [-0.2, -0.15) is 0 Å². The molecule has 1 unspecified atom stereocenters. The van der Waals surface area contributed by atoms with E-state index in [1.165, 1.54) is 10.8 Å². The fourth-order valence-electron chi connectivity index (χ4n) is 3.11. The highest BCUT2D eigenvalue weighted by molar-refractivity contribution is 5.86. The highest BCUT2D eigenvalue weighted by Gasteiger charge is 2.24. The molecule has 1 fully saturated rings. The van der Waals surface area contributed by atoms with Crippen molar-refractivity contribution in [1.82, 2.24) is 9.97 Å². The van der Waals surface area contributed by atoms with Crippen molar-refractivity contribution >= 4 is 16.7 Å². The van der Waals surface area contributed by atoms with Gasteiger partial charge in [0.15, 0.2) is 0 Å². The van der Waals surface area contributed by atoms with Crippen molar-refractivity contribution in [3.8, 4) is 11.3 Å². The van der Waals surface area contributed by atoms with Crippen LogP contribution in [0.2, 0.25) is 0 Å². The number of ether oxygens (including phenoxy) is 1. The Labute approximate surface area is 135 Å². The van der Waals surface area contributed by atoms with E-state index in [-0.39, 0.29) is 6.10 Å².